The van der Waals surface area contributed by atoms with Crippen LogP contribution in [0.15, 0.2) is 140 Å². The van der Waals surface area contributed by atoms with Crippen LogP contribution in [-0.2, 0) is 0 Å². The molecule has 0 radical (unpaired) electrons. The van der Waals surface area contributed by atoms with Gasteiger partial charge in [0, 0.05) is 33.6 Å². The third kappa shape index (κ3) is 3.78. The molecule has 2 heterocycles. The van der Waals surface area contributed by atoms with E-state index in [9.17, 15) is 0 Å². The van der Waals surface area contributed by atoms with Crippen LogP contribution in [0.2, 0.25) is 0 Å². The van der Waals surface area contributed by atoms with E-state index >= 15 is 0 Å². The summed E-state index contributed by atoms with van der Waals surface area (Å²) in [5.74, 6) is 0. The highest BCUT2D eigenvalue weighted by atomic mass is 32.1. The van der Waals surface area contributed by atoms with Gasteiger partial charge in [0.25, 0.3) is 0 Å². The average Bonchev–Trinajstić information content (AvgIpc) is 3.41. The van der Waals surface area contributed by atoms with Crippen molar-refractivity contribution < 1.29 is 0 Å². The molecule has 1 aliphatic heterocycles. The molecule has 40 heavy (non-hydrogen) atoms. The monoisotopic (exact) mass is 530 g/mol. The van der Waals surface area contributed by atoms with Crippen LogP contribution >= 0.6 is 11.3 Å². The van der Waals surface area contributed by atoms with Crippen molar-refractivity contribution in [1.29, 1.82) is 0 Å². The van der Waals surface area contributed by atoms with Crippen LogP contribution in [0, 0.1) is 0 Å². The molecule has 0 saturated heterocycles. The zero-order chi connectivity index (χ0) is 26.5. The van der Waals surface area contributed by atoms with Gasteiger partial charge in [-0.2, -0.15) is 0 Å². The lowest BCUT2D eigenvalue weighted by molar-refractivity contribution is 1.24. The first-order valence-electron chi connectivity index (χ1n) is 13.7. The lowest BCUT2D eigenvalue weighted by Crippen LogP contribution is -2.20. The Bertz CT molecular complexity index is 2050. The molecule has 2 nitrogen and oxygen atoms in total. The summed E-state index contributed by atoms with van der Waals surface area (Å²) in [6.07, 6.45) is 2.33. The van der Waals surface area contributed by atoms with E-state index in [-0.39, 0.29) is 0 Å². The molecule has 0 fully saturated rings. The Morgan fingerprint density at radius 3 is 2.10 bits per heavy atom. The lowest BCUT2D eigenvalue weighted by Gasteiger charge is -2.31. The molecule has 0 spiro atoms. The van der Waals surface area contributed by atoms with Crippen molar-refractivity contribution in [3.63, 3.8) is 0 Å². The topological polar surface area (TPSA) is 15.3 Å². The van der Waals surface area contributed by atoms with Crippen molar-refractivity contribution in [2.24, 2.45) is 0 Å². The maximum atomic E-state index is 3.64. The number of benzene rings is 6. The minimum Gasteiger partial charge on any atom is -0.373 e. The number of nitrogens with one attached hydrogen (secondary N) is 1. The zero-order valence-electron chi connectivity index (χ0n) is 21.8. The van der Waals surface area contributed by atoms with E-state index in [0.29, 0.717) is 0 Å². The molecule has 7 aromatic rings. The van der Waals surface area contributed by atoms with Gasteiger partial charge in [0.1, 0.15) is 0 Å². The van der Waals surface area contributed by atoms with Gasteiger partial charge < -0.3 is 10.2 Å². The first-order chi connectivity index (χ1) is 19.8. The second-order valence-corrected chi connectivity index (χ2v) is 11.3. The van der Waals surface area contributed by atoms with Crippen LogP contribution in [0.3, 0.4) is 0 Å². The summed E-state index contributed by atoms with van der Waals surface area (Å²) < 4.78 is 1.30. The smallest absolute Gasteiger partial charge is 0.0992 e. The molecule has 0 unspecified atom stereocenters. The lowest BCUT2D eigenvalue weighted by atomic mass is 9.99. The van der Waals surface area contributed by atoms with Crippen molar-refractivity contribution in [2.45, 2.75) is 0 Å². The van der Waals surface area contributed by atoms with Gasteiger partial charge in [-0.25, -0.2) is 0 Å². The molecule has 8 rings (SSSR count). The average molecular weight is 531 g/mol. The number of hydrogen-bond acceptors (Lipinski definition) is 3. The van der Waals surface area contributed by atoms with Gasteiger partial charge in [0.15, 0.2) is 0 Å². The predicted molar refractivity (Wildman–Crippen MR) is 174 cm³/mol. The number of fused-ring (bicyclic) bond motifs is 6. The number of hydrogen-bond donors (Lipinski definition) is 1. The Hall–Kier alpha value is -4.86. The molecule has 0 bridgehead atoms. The standard InChI is InChI=1S/C37H26N2S/c1-2-8-25(9-3-1)26-16-18-29(19-17-26)39(34-22-23-38-37-36(34)33-12-6-7-13-35(33)40-37)30-20-21-32-28(24-30)15-14-27-10-4-5-11-31(27)32/h1-22,24,38H,23H2. The second kappa shape index (κ2) is 9.41. The van der Waals surface area contributed by atoms with E-state index in [0.717, 1.165) is 17.9 Å². The largest absolute Gasteiger partial charge is 0.373 e. The summed E-state index contributed by atoms with van der Waals surface area (Å²) in [7, 11) is 0. The van der Waals surface area contributed by atoms with Gasteiger partial charge in [-0.05, 0) is 69.1 Å². The number of rotatable bonds is 4. The summed E-state index contributed by atoms with van der Waals surface area (Å²) in [6, 6.07) is 48.3. The van der Waals surface area contributed by atoms with Crippen molar-refractivity contribution in [3.8, 4) is 11.1 Å². The first kappa shape index (κ1) is 23.1. The fraction of sp³-hybridized carbons (Fsp3) is 0.0270. The molecule has 0 amide bonds. The Balaban J connectivity index is 1.32. The van der Waals surface area contributed by atoms with E-state index in [4.69, 9.17) is 0 Å². The third-order valence-corrected chi connectivity index (χ3v) is 9.00. The van der Waals surface area contributed by atoms with E-state index in [1.165, 1.54) is 59.0 Å². The quantitative estimate of drug-likeness (QED) is 0.228. The van der Waals surface area contributed by atoms with E-state index < -0.39 is 0 Å². The number of anilines is 3. The van der Waals surface area contributed by atoms with Gasteiger partial charge in [-0.15, -0.1) is 11.3 Å². The molecular weight excluding hydrogens is 504 g/mol. The van der Waals surface area contributed by atoms with Gasteiger partial charge in [0.05, 0.1) is 10.7 Å². The summed E-state index contributed by atoms with van der Waals surface area (Å²) in [4.78, 5) is 2.43. The van der Waals surface area contributed by atoms with Gasteiger partial charge >= 0.3 is 0 Å². The third-order valence-electron chi connectivity index (χ3n) is 7.87. The van der Waals surface area contributed by atoms with E-state index in [2.05, 4.69) is 150 Å². The Morgan fingerprint density at radius 1 is 0.550 bits per heavy atom. The minimum atomic E-state index is 0.798. The maximum absolute atomic E-state index is 3.64. The Kier molecular flexibility index (Phi) is 5.42. The fourth-order valence-corrected chi connectivity index (χ4v) is 7.09. The highest BCUT2D eigenvalue weighted by Gasteiger charge is 2.25. The second-order valence-electron chi connectivity index (χ2n) is 10.2. The van der Waals surface area contributed by atoms with Gasteiger partial charge in [0.2, 0.25) is 0 Å². The van der Waals surface area contributed by atoms with Gasteiger partial charge in [-0.3, -0.25) is 0 Å². The molecule has 1 aliphatic rings. The molecule has 1 aromatic heterocycles. The van der Waals surface area contributed by atoms with Crippen molar-refractivity contribution >= 4 is 65.0 Å². The van der Waals surface area contributed by atoms with Crippen molar-refractivity contribution in [1.82, 2.24) is 0 Å². The van der Waals surface area contributed by atoms with Gasteiger partial charge in [-0.1, -0.05) is 103 Å². The van der Waals surface area contributed by atoms with Crippen LogP contribution in [0.5, 0.6) is 0 Å². The Morgan fingerprint density at radius 2 is 1.23 bits per heavy atom. The van der Waals surface area contributed by atoms with E-state index in [1.54, 1.807) is 0 Å². The highest BCUT2D eigenvalue weighted by molar-refractivity contribution is 7.23. The Labute approximate surface area is 237 Å². The fourth-order valence-electron chi connectivity index (χ4n) is 5.97. The van der Waals surface area contributed by atoms with E-state index in [1.807, 2.05) is 11.3 Å². The summed E-state index contributed by atoms with van der Waals surface area (Å²) in [5.41, 5.74) is 7.25. The van der Waals surface area contributed by atoms with Crippen LogP contribution in [-0.4, -0.2) is 6.54 Å². The predicted octanol–water partition coefficient (Wildman–Crippen LogP) is 10.5. The van der Waals surface area contributed by atoms with Crippen LogP contribution in [0.25, 0.3) is 48.5 Å². The molecule has 190 valence electrons. The highest BCUT2D eigenvalue weighted by Crippen LogP contribution is 2.47. The number of thiophene rings is 1. The normalized spacial score (nSPS) is 12.8. The van der Waals surface area contributed by atoms with Crippen molar-refractivity contribution in [2.75, 3.05) is 16.8 Å². The molecule has 3 heteroatoms. The SMILES string of the molecule is C1=C(N(c2ccc(-c3ccccc3)cc2)c2ccc3c(ccc4ccccc43)c2)c2c(sc3ccccc23)NC1. The molecule has 0 saturated carbocycles. The first-order valence-corrected chi connectivity index (χ1v) is 14.5. The zero-order valence-corrected chi connectivity index (χ0v) is 22.7. The minimum absolute atomic E-state index is 0.798. The molecule has 0 aliphatic carbocycles. The van der Waals surface area contributed by atoms with Crippen LogP contribution in [0.4, 0.5) is 16.4 Å². The summed E-state index contributed by atoms with van der Waals surface area (Å²) in [5, 5.41) is 11.2. The van der Waals surface area contributed by atoms with Crippen LogP contribution < -0.4 is 10.2 Å². The maximum Gasteiger partial charge on any atom is 0.0992 e. The summed E-state index contributed by atoms with van der Waals surface area (Å²) >= 11 is 1.84. The summed E-state index contributed by atoms with van der Waals surface area (Å²) in [6.45, 7) is 0.798. The molecule has 6 aromatic carbocycles. The van der Waals surface area contributed by atoms with Crippen molar-refractivity contribution in [3.05, 3.63) is 145 Å². The molecule has 1 N–H and O–H groups in total. The molecular formula is C37H26N2S. The van der Waals surface area contributed by atoms with Crippen LogP contribution in [0.1, 0.15) is 5.56 Å². The molecule has 0 atom stereocenters. The number of nitrogens with zero attached hydrogens (tertiary/aromatic N) is 1.